The van der Waals surface area contributed by atoms with Crippen molar-refractivity contribution in [3.8, 4) is 5.75 Å². The molecule has 0 aromatic heterocycles. The minimum absolute atomic E-state index is 0.0944. The van der Waals surface area contributed by atoms with Crippen LogP contribution >= 0.6 is 0 Å². The summed E-state index contributed by atoms with van der Waals surface area (Å²) in [5, 5.41) is 11.1. The number of carbonyl (C=O) groups is 3. The van der Waals surface area contributed by atoms with Crippen LogP contribution in [0.3, 0.4) is 0 Å². The second-order valence-corrected chi connectivity index (χ2v) is 5.39. The summed E-state index contributed by atoms with van der Waals surface area (Å²) in [5.41, 5.74) is 0.550. The first kappa shape index (κ1) is 17.6. The number of aliphatic carboxylic acids is 1. The molecular formula is C16H21N3O5. The predicted octanol–water partition coefficient (Wildman–Crippen LogP) is 0.637. The molecule has 1 aliphatic heterocycles. The molecule has 1 aromatic carbocycles. The van der Waals surface area contributed by atoms with Gasteiger partial charge in [0.2, 0.25) is 0 Å². The van der Waals surface area contributed by atoms with Gasteiger partial charge in [-0.15, -0.1) is 0 Å². The number of benzene rings is 1. The Morgan fingerprint density at radius 1 is 1.17 bits per heavy atom. The van der Waals surface area contributed by atoms with E-state index in [1.807, 2.05) is 0 Å². The lowest BCUT2D eigenvalue weighted by molar-refractivity contribution is -0.136. The molecule has 0 radical (unpaired) electrons. The second-order valence-electron chi connectivity index (χ2n) is 5.39. The molecule has 1 aromatic rings. The van der Waals surface area contributed by atoms with Crippen LogP contribution in [0.15, 0.2) is 24.3 Å². The van der Waals surface area contributed by atoms with E-state index in [1.54, 1.807) is 41.2 Å². The van der Waals surface area contributed by atoms with Crippen LogP contribution in [0.5, 0.6) is 5.75 Å². The van der Waals surface area contributed by atoms with E-state index >= 15 is 0 Å². The number of urea groups is 1. The standard InChI is InChI=1S/C16H21N3O5/c1-24-13-4-2-3-12(11-13)15(22)18-7-9-19(10-8-18)16(23)17-6-5-14(20)21/h2-4,11H,5-10H2,1H3,(H,17,23)(H,20,21). The number of hydrogen-bond donors (Lipinski definition) is 2. The first-order valence-electron chi connectivity index (χ1n) is 7.69. The number of ether oxygens (including phenoxy) is 1. The smallest absolute Gasteiger partial charge is 0.317 e. The largest absolute Gasteiger partial charge is 0.497 e. The highest BCUT2D eigenvalue weighted by Crippen LogP contribution is 2.15. The fourth-order valence-electron chi connectivity index (χ4n) is 2.44. The molecule has 0 unspecified atom stereocenters. The fourth-order valence-corrected chi connectivity index (χ4v) is 2.44. The lowest BCUT2D eigenvalue weighted by Crippen LogP contribution is -2.53. The molecule has 1 aliphatic rings. The van der Waals surface area contributed by atoms with E-state index in [0.717, 1.165) is 0 Å². The minimum Gasteiger partial charge on any atom is -0.497 e. The second kappa shape index (κ2) is 8.19. The minimum atomic E-state index is -0.955. The summed E-state index contributed by atoms with van der Waals surface area (Å²) >= 11 is 0. The number of carboxylic acid groups (broad SMARTS) is 1. The summed E-state index contributed by atoms with van der Waals surface area (Å²) in [7, 11) is 1.55. The summed E-state index contributed by atoms with van der Waals surface area (Å²) in [6, 6.07) is 6.65. The van der Waals surface area contributed by atoms with Gasteiger partial charge in [-0.05, 0) is 18.2 Å². The molecule has 130 valence electrons. The van der Waals surface area contributed by atoms with Gasteiger partial charge in [0.25, 0.3) is 5.91 Å². The third-order valence-electron chi connectivity index (χ3n) is 3.79. The van der Waals surface area contributed by atoms with E-state index in [-0.39, 0.29) is 24.9 Å². The predicted molar refractivity (Wildman–Crippen MR) is 86.1 cm³/mol. The van der Waals surface area contributed by atoms with Gasteiger partial charge in [-0.1, -0.05) is 6.07 Å². The van der Waals surface area contributed by atoms with E-state index in [0.29, 0.717) is 37.5 Å². The number of rotatable bonds is 5. The number of amides is 3. The summed E-state index contributed by atoms with van der Waals surface area (Å²) in [5.74, 6) is -0.430. The van der Waals surface area contributed by atoms with Crippen LogP contribution in [0.4, 0.5) is 4.79 Å². The van der Waals surface area contributed by atoms with Gasteiger partial charge < -0.3 is 25.0 Å². The number of hydrogen-bond acceptors (Lipinski definition) is 4. The normalized spacial score (nSPS) is 14.2. The zero-order valence-corrected chi connectivity index (χ0v) is 13.5. The molecule has 8 nitrogen and oxygen atoms in total. The van der Waals surface area contributed by atoms with Crippen molar-refractivity contribution < 1.29 is 24.2 Å². The molecule has 0 aliphatic carbocycles. The monoisotopic (exact) mass is 335 g/mol. The Kier molecular flexibility index (Phi) is 6.00. The average Bonchev–Trinajstić information content (AvgIpc) is 2.61. The van der Waals surface area contributed by atoms with E-state index < -0.39 is 5.97 Å². The third kappa shape index (κ3) is 4.61. The van der Waals surface area contributed by atoms with Crippen LogP contribution in [0.25, 0.3) is 0 Å². The Balaban J connectivity index is 1.84. The van der Waals surface area contributed by atoms with Crippen molar-refractivity contribution in [3.63, 3.8) is 0 Å². The lowest BCUT2D eigenvalue weighted by Gasteiger charge is -2.34. The highest BCUT2D eigenvalue weighted by molar-refractivity contribution is 5.94. The molecule has 0 bridgehead atoms. The van der Waals surface area contributed by atoms with Crippen molar-refractivity contribution in [3.05, 3.63) is 29.8 Å². The lowest BCUT2D eigenvalue weighted by atomic mass is 10.1. The van der Waals surface area contributed by atoms with Gasteiger partial charge in [0.15, 0.2) is 0 Å². The molecule has 3 amide bonds. The molecule has 0 saturated carbocycles. The first-order valence-corrected chi connectivity index (χ1v) is 7.69. The van der Waals surface area contributed by atoms with Gasteiger partial charge in [-0.2, -0.15) is 0 Å². The Labute approximate surface area is 140 Å². The van der Waals surface area contributed by atoms with Crippen LogP contribution < -0.4 is 10.1 Å². The van der Waals surface area contributed by atoms with Gasteiger partial charge in [-0.3, -0.25) is 9.59 Å². The number of nitrogens with zero attached hydrogens (tertiary/aromatic N) is 2. The maximum atomic E-state index is 12.5. The number of methoxy groups -OCH3 is 1. The van der Waals surface area contributed by atoms with Crippen LogP contribution in [-0.4, -0.2) is 72.6 Å². The van der Waals surface area contributed by atoms with Gasteiger partial charge >= 0.3 is 12.0 Å². The molecule has 0 atom stereocenters. The van der Waals surface area contributed by atoms with Gasteiger partial charge in [0, 0.05) is 38.3 Å². The molecule has 1 saturated heterocycles. The topological polar surface area (TPSA) is 99.2 Å². The Morgan fingerprint density at radius 3 is 2.46 bits per heavy atom. The molecule has 1 heterocycles. The number of piperazine rings is 1. The molecular weight excluding hydrogens is 314 g/mol. The molecule has 8 heteroatoms. The zero-order chi connectivity index (χ0) is 17.5. The van der Waals surface area contributed by atoms with Crippen molar-refractivity contribution in [2.24, 2.45) is 0 Å². The summed E-state index contributed by atoms with van der Waals surface area (Å²) < 4.78 is 5.12. The number of nitrogens with one attached hydrogen (secondary N) is 1. The van der Waals surface area contributed by atoms with E-state index in [1.165, 1.54) is 0 Å². The fraction of sp³-hybridized carbons (Fsp3) is 0.438. The van der Waals surface area contributed by atoms with E-state index in [9.17, 15) is 14.4 Å². The van der Waals surface area contributed by atoms with Crippen molar-refractivity contribution in [2.45, 2.75) is 6.42 Å². The van der Waals surface area contributed by atoms with E-state index in [2.05, 4.69) is 5.32 Å². The van der Waals surface area contributed by atoms with Crippen molar-refractivity contribution >= 4 is 17.9 Å². The van der Waals surface area contributed by atoms with Gasteiger partial charge in [-0.25, -0.2) is 4.79 Å². The van der Waals surface area contributed by atoms with E-state index in [4.69, 9.17) is 9.84 Å². The molecule has 2 rings (SSSR count). The Bertz CT molecular complexity index is 611. The summed E-state index contributed by atoms with van der Waals surface area (Å²) in [6.45, 7) is 1.78. The van der Waals surface area contributed by atoms with Crippen LogP contribution in [-0.2, 0) is 4.79 Å². The molecule has 0 spiro atoms. The van der Waals surface area contributed by atoms with Crippen LogP contribution in [0.2, 0.25) is 0 Å². The number of carboxylic acids is 1. The summed E-state index contributed by atoms with van der Waals surface area (Å²) in [6.07, 6.45) is -0.111. The zero-order valence-electron chi connectivity index (χ0n) is 13.5. The molecule has 1 fully saturated rings. The molecule has 24 heavy (non-hydrogen) atoms. The highest BCUT2D eigenvalue weighted by atomic mass is 16.5. The first-order chi connectivity index (χ1) is 11.5. The average molecular weight is 335 g/mol. The Morgan fingerprint density at radius 2 is 1.83 bits per heavy atom. The molecule has 2 N–H and O–H groups in total. The maximum absolute atomic E-state index is 12.5. The quantitative estimate of drug-likeness (QED) is 0.822. The Hall–Kier alpha value is -2.77. The maximum Gasteiger partial charge on any atom is 0.317 e. The van der Waals surface area contributed by atoms with Crippen molar-refractivity contribution in [2.75, 3.05) is 39.8 Å². The summed E-state index contributed by atoms with van der Waals surface area (Å²) in [4.78, 5) is 38.1. The van der Waals surface area contributed by atoms with Gasteiger partial charge in [0.05, 0.1) is 13.5 Å². The highest BCUT2D eigenvalue weighted by Gasteiger charge is 2.24. The van der Waals surface area contributed by atoms with Crippen molar-refractivity contribution in [1.29, 1.82) is 0 Å². The SMILES string of the molecule is COc1cccc(C(=O)N2CCN(C(=O)NCCC(=O)O)CC2)c1. The van der Waals surface area contributed by atoms with Crippen LogP contribution in [0, 0.1) is 0 Å². The number of carbonyl (C=O) groups excluding carboxylic acids is 2. The van der Waals surface area contributed by atoms with Crippen LogP contribution in [0.1, 0.15) is 16.8 Å². The van der Waals surface area contributed by atoms with Crippen molar-refractivity contribution in [1.82, 2.24) is 15.1 Å². The van der Waals surface area contributed by atoms with Gasteiger partial charge in [0.1, 0.15) is 5.75 Å². The third-order valence-corrected chi connectivity index (χ3v) is 3.79.